The first-order valence-electron chi connectivity index (χ1n) is 5.78. The van der Waals surface area contributed by atoms with Crippen LogP contribution in [0, 0.1) is 0 Å². The molecule has 2 heterocycles. The third-order valence-corrected chi connectivity index (χ3v) is 3.18. The van der Waals surface area contributed by atoms with Gasteiger partial charge in [0.15, 0.2) is 0 Å². The number of hydrogen-bond donors (Lipinski definition) is 1. The van der Waals surface area contributed by atoms with Crippen molar-refractivity contribution in [1.29, 1.82) is 0 Å². The number of hydrogen-bond acceptors (Lipinski definition) is 4. The standard InChI is InChI=1S/C8H10N2O2S.12F2.FH/c1-10-3-2-5-6(4-10)13-7(9-5)8(11)12;12*1-2;/h2-4H2,1H3,(H,11,12);;;;;;;;;;;;;1H. The van der Waals surface area contributed by atoms with Crippen molar-refractivity contribution in [3.05, 3.63) is 15.6 Å². The number of carboxylic acid groups (broad SMARTS) is 1. The van der Waals surface area contributed by atoms with Crippen LogP contribution in [0.3, 0.4) is 0 Å². The molecule has 0 amide bonds. The molecule has 1 aliphatic rings. The van der Waals surface area contributed by atoms with Gasteiger partial charge in [-0.1, -0.05) is 0 Å². The highest BCUT2D eigenvalue weighted by atomic mass is 32.1. The van der Waals surface area contributed by atoms with Crippen LogP contribution >= 0.6 is 11.3 Å². The second-order valence-electron chi connectivity index (χ2n) is 3.18. The Hall–Kier alpha value is -2.69. The van der Waals surface area contributed by atoms with Gasteiger partial charge in [0.1, 0.15) is 0 Å². The minimum Gasteiger partial charge on any atom is -0.476 e. The zero-order valence-corrected chi connectivity index (χ0v) is 17.6. The number of likely N-dealkylation sites (N-methyl/N-ethyl adjacent to an activating group) is 1. The summed E-state index contributed by atoms with van der Waals surface area (Å²) in [5.41, 5.74) is 0.973. The lowest BCUT2D eigenvalue weighted by Crippen LogP contribution is -2.25. The molecule has 0 aromatic carbocycles. The summed E-state index contributed by atoms with van der Waals surface area (Å²) >= 11 is 1.29. The van der Waals surface area contributed by atoms with Crippen molar-refractivity contribution in [3.63, 3.8) is 0 Å². The fraction of sp³-hybridized carbons (Fsp3) is 0.500. The first-order chi connectivity index (χ1) is 18.2. The molecule has 0 bridgehead atoms. The molecule has 4 nitrogen and oxygen atoms in total. The number of rotatable bonds is 1. The van der Waals surface area contributed by atoms with Gasteiger partial charge >= 0.3 is 5.97 Å². The number of fused-ring (bicyclic) bond motifs is 1. The molecular formula is C8H11F25N2O2S. The Morgan fingerprint density at radius 1 is 0.658 bits per heavy atom. The Labute approximate surface area is 195 Å². The predicted octanol–water partition coefficient (Wildman–Crippen LogP) is 11.1. The van der Waals surface area contributed by atoms with Crippen LogP contribution in [-0.4, -0.2) is 34.6 Å². The maximum absolute atomic E-state index is 10.6. The Kier molecular flexibility index (Phi) is 256. The molecule has 0 spiro atoms. The molecule has 0 saturated carbocycles. The van der Waals surface area contributed by atoms with E-state index in [-0.39, 0.29) is 9.71 Å². The van der Waals surface area contributed by atoms with Gasteiger partial charge in [-0.25, -0.2) is 9.78 Å². The molecule has 1 aromatic heterocycles. The Bertz CT molecular complexity index is 383. The lowest BCUT2D eigenvalue weighted by molar-refractivity contribution is 0.0696. The summed E-state index contributed by atoms with van der Waals surface area (Å²) in [5, 5.41) is 8.96. The van der Waals surface area contributed by atoms with Crippen LogP contribution in [0.5, 0.6) is 0 Å². The third kappa shape index (κ3) is 69.9. The van der Waals surface area contributed by atoms with Crippen LogP contribution in [-0.2, 0) is 13.0 Å². The maximum atomic E-state index is 10.6. The molecule has 0 atom stereocenters. The molecule has 0 unspecified atom stereocenters. The van der Waals surface area contributed by atoms with Crippen molar-refractivity contribution < 1.29 is 124 Å². The van der Waals surface area contributed by atoms with Gasteiger partial charge in [-0.2, -0.15) is 0 Å². The maximum Gasteiger partial charge on any atom is 0.365 e. The molecule has 0 fully saturated rings. The smallest absolute Gasteiger partial charge is 0.365 e. The molecule has 1 N–H and O–H groups in total. The van der Waals surface area contributed by atoms with Crippen molar-refractivity contribution in [2.24, 2.45) is 0 Å². The van der Waals surface area contributed by atoms with E-state index in [1.54, 1.807) is 0 Å². The van der Waals surface area contributed by atoms with Crippen LogP contribution in [0.2, 0.25) is 0 Å². The Morgan fingerprint density at radius 2 is 0.921 bits per heavy atom. The van der Waals surface area contributed by atoms with Gasteiger partial charge in [0.05, 0.1) is 5.69 Å². The molecule has 0 radical (unpaired) electrons. The zero-order valence-electron chi connectivity index (χ0n) is 16.8. The van der Waals surface area contributed by atoms with E-state index >= 15 is 0 Å². The summed E-state index contributed by atoms with van der Waals surface area (Å²) in [4.78, 5) is 18.0. The number of thiazole rings is 1. The highest BCUT2D eigenvalue weighted by Gasteiger charge is 2.20. The molecule has 30 heteroatoms. The number of carboxylic acids is 1. The molecule has 0 aliphatic carbocycles. The van der Waals surface area contributed by atoms with E-state index in [0.29, 0.717) is 0 Å². The summed E-state index contributed by atoms with van der Waals surface area (Å²) in [5.74, 6) is -0.915. The number of halogens is 25. The van der Waals surface area contributed by atoms with E-state index in [2.05, 4.69) is 9.88 Å². The minimum atomic E-state index is -0.915. The van der Waals surface area contributed by atoms with Gasteiger partial charge in [0.25, 0.3) is 0 Å². The topological polar surface area (TPSA) is 53.4 Å². The second-order valence-corrected chi connectivity index (χ2v) is 4.27. The van der Waals surface area contributed by atoms with Gasteiger partial charge in [0, 0.05) is 134 Å². The second kappa shape index (κ2) is 127. The predicted molar refractivity (Wildman–Crippen MR) is 78.2 cm³/mol. The van der Waals surface area contributed by atoms with E-state index < -0.39 is 5.97 Å². The molecule has 1 aliphatic heterocycles. The highest BCUT2D eigenvalue weighted by molar-refractivity contribution is 7.13. The Balaban J connectivity index is -0.0000000232. The van der Waals surface area contributed by atoms with E-state index in [4.69, 9.17) is 115 Å². The van der Waals surface area contributed by atoms with Gasteiger partial charge in [-0.05, 0) is 7.05 Å². The van der Waals surface area contributed by atoms with Gasteiger partial charge < -0.3 is 10.0 Å². The zero-order chi connectivity index (χ0) is 33.4. The van der Waals surface area contributed by atoms with Crippen LogP contribution in [0.15, 0.2) is 0 Å². The monoisotopic (exact) mass is 674 g/mol. The van der Waals surface area contributed by atoms with E-state index in [1.165, 1.54) is 11.3 Å². The molecular weight excluding hydrogens is 663 g/mol. The van der Waals surface area contributed by atoms with Gasteiger partial charge in [0.2, 0.25) is 5.01 Å². The fourth-order valence-electron chi connectivity index (χ4n) is 1.41. The van der Waals surface area contributed by atoms with Crippen LogP contribution in [0.1, 0.15) is 20.4 Å². The van der Waals surface area contributed by atoms with E-state index in [1.807, 2.05) is 7.05 Å². The summed E-state index contributed by atoms with van der Waals surface area (Å²) in [6, 6.07) is 0. The van der Waals surface area contributed by atoms with Crippen molar-refractivity contribution in [3.8, 4) is 0 Å². The molecule has 246 valence electrons. The first-order valence-corrected chi connectivity index (χ1v) is 6.60. The number of aromatic carboxylic acids is 1. The Morgan fingerprint density at radius 3 is 1.16 bits per heavy atom. The van der Waals surface area contributed by atoms with Crippen molar-refractivity contribution >= 4 is 17.3 Å². The largest absolute Gasteiger partial charge is 0.476 e. The fourth-order valence-corrected chi connectivity index (χ4v) is 2.44. The number of carbonyl (C=O) groups is 1. The average molecular weight is 674 g/mol. The van der Waals surface area contributed by atoms with Gasteiger partial charge in [-0.3, -0.25) is 4.70 Å². The average Bonchev–Trinajstić information content (AvgIpc) is 3.49. The third-order valence-electron chi connectivity index (χ3n) is 2.11. The summed E-state index contributed by atoms with van der Waals surface area (Å²) in [7, 11) is 2.03. The SMILES string of the molecule is CN1CCc2nc(C(=O)O)sc2C1.F.FF.FF.FF.FF.FF.FF.FF.FF.FF.FF.FF.FF. The summed E-state index contributed by atoms with van der Waals surface area (Å²) < 4.78 is 192. The summed E-state index contributed by atoms with van der Waals surface area (Å²) in [6.07, 6.45) is 0.871. The lowest BCUT2D eigenvalue weighted by atomic mass is 10.2. The molecule has 38 heavy (non-hydrogen) atoms. The lowest BCUT2D eigenvalue weighted by Gasteiger charge is -2.20. The van der Waals surface area contributed by atoms with E-state index in [0.717, 1.165) is 30.1 Å². The van der Waals surface area contributed by atoms with Crippen molar-refractivity contribution in [1.82, 2.24) is 9.88 Å². The minimum absolute atomic E-state index is 0. The normalized spacial score (nSPS) is 7.71. The molecule has 2 rings (SSSR count). The number of nitrogens with zero attached hydrogens (tertiary/aromatic N) is 2. The van der Waals surface area contributed by atoms with Crippen LogP contribution in [0.25, 0.3) is 0 Å². The highest BCUT2D eigenvalue weighted by Crippen LogP contribution is 2.24. The van der Waals surface area contributed by atoms with Crippen LogP contribution < -0.4 is 0 Å². The number of aromatic nitrogens is 1. The van der Waals surface area contributed by atoms with E-state index in [9.17, 15) is 4.79 Å². The van der Waals surface area contributed by atoms with Gasteiger partial charge in [-0.15, -0.1) is 11.3 Å². The molecule has 0 saturated heterocycles. The quantitative estimate of drug-likeness (QED) is 0.301. The summed E-state index contributed by atoms with van der Waals surface area (Å²) in [6.45, 7) is 1.80. The van der Waals surface area contributed by atoms with Crippen LogP contribution in [0.4, 0.5) is 114 Å². The first kappa shape index (κ1) is 76.5. The molecule has 1 aromatic rings. The van der Waals surface area contributed by atoms with Crippen molar-refractivity contribution in [2.75, 3.05) is 13.6 Å². The van der Waals surface area contributed by atoms with Crippen molar-refractivity contribution in [2.45, 2.75) is 13.0 Å².